The molecule has 1 aliphatic heterocycles. The van der Waals surface area contributed by atoms with Crippen LogP contribution in [0.5, 0.6) is 0 Å². The summed E-state index contributed by atoms with van der Waals surface area (Å²) in [4.78, 5) is 45.0. The highest BCUT2D eigenvalue weighted by molar-refractivity contribution is 6.00. The molecule has 1 saturated heterocycles. The second-order valence-corrected chi connectivity index (χ2v) is 7.60. The van der Waals surface area contributed by atoms with Crippen LogP contribution in [0.4, 0.5) is 11.4 Å². The number of rotatable bonds is 3. The lowest BCUT2D eigenvalue weighted by Gasteiger charge is -2.36. The van der Waals surface area contributed by atoms with Crippen molar-refractivity contribution in [1.29, 1.82) is 0 Å². The second kappa shape index (κ2) is 7.77. The van der Waals surface area contributed by atoms with E-state index < -0.39 is 4.92 Å². The predicted octanol–water partition coefficient (Wildman–Crippen LogP) is 2.72. The lowest BCUT2D eigenvalue weighted by Crippen LogP contribution is -2.49. The summed E-state index contributed by atoms with van der Waals surface area (Å²) in [5, 5.41) is 11.4. The molecular formula is C23H19N5O4. The molecule has 0 radical (unpaired) electrons. The summed E-state index contributed by atoms with van der Waals surface area (Å²) in [5.41, 5.74) is 2.02. The number of para-hydroxylation sites is 1. The van der Waals surface area contributed by atoms with Crippen molar-refractivity contribution in [2.75, 3.05) is 31.1 Å². The number of fused-ring (bicyclic) bond motifs is 2. The van der Waals surface area contributed by atoms with Crippen molar-refractivity contribution >= 4 is 33.8 Å². The molecule has 1 aliphatic rings. The van der Waals surface area contributed by atoms with E-state index in [1.165, 1.54) is 16.5 Å². The third-order valence-electron chi connectivity index (χ3n) is 5.77. The molecule has 2 aromatic carbocycles. The van der Waals surface area contributed by atoms with Gasteiger partial charge in [0.05, 0.1) is 21.4 Å². The van der Waals surface area contributed by atoms with Gasteiger partial charge in [-0.2, -0.15) is 0 Å². The van der Waals surface area contributed by atoms with Crippen LogP contribution in [-0.2, 0) is 0 Å². The fourth-order valence-corrected chi connectivity index (χ4v) is 4.06. The van der Waals surface area contributed by atoms with Gasteiger partial charge >= 0.3 is 0 Å². The van der Waals surface area contributed by atoms with Crippen LogP contribution in [0.3, 0.4) is 0 Å². The monoisotopic (exact) mass is 429 g/mol. The van der Waals surface area contributed by atoms with Crippen LogP contribution in [0.25, 0.3) is 16.6 Å². The SMILES string of the molecule is O=C(c1cccn2c(=O)c3ccccc3nc12)N1CCN(c2ccc([N+](=O)[O-])cc2)CC1. The Bertz CT molecular complexity index is 1410. The maximum absolute atomic E-state index is 13.3. The molecule has 0 atom stereocenters. The number of nitrogens with zero attached hydrogens (tertiary/aromatic N) is 5. The van der Waals surface area contributed by atoms with E-state index in [0.717, 1.165) is 5.69 Å². The number of piperazine rings is 1. The number of pyridine rings is 1. The second-order valence-electron chi connectivity index (χ2n) is 7.60. The van der Waals surface area contributed by atoms with Crippen LogP contribution in [0.1, 0.15) is 10.4 Å². The molecule has 0 spiro atoms. The molecule has 0 bridgehead atoms. The first-order chi connectivity index (χ1) is 15.5. The van der Waals surface area contributed by atoms with Gasteiger partial charge in [0.2, 0.25) is 0 Å². The van der Waals surface area contributed by atoms with Crippen molar-refractivity contribution < 1.29 is 9.72 Å². The summed E-state index contributed by atoms with van der Waals surface area (Å²) in [5.74, 6) is -0.173. The summed E-state index contributed by atoms with van der Waals surface area (Å²) in [6.07, 6.45) is 1.63. The largest absolute Gasteiger partial charge is 0.368 e. The zero-order valence-electron chi connectivity index (χ0n) is 17.0. The minimum Gasteiger partial charge on any atom is -0.368 e. The molecule has 0 saturated carbocycles. The van der Waals surface area contributed by atoms with Crippen molar-refractivity contribution in [3.63, 3.8) is 0 Å². The van der Waals surface area contributed by atoms with Gasteiger partial charge in [0.25, 0.3) is 17.2 Å². The van der Waals surface area contributed by atoms with Crippen LogP contribution in [0, 0.1) is 10.1 Å². The molecule has 32 heavy (non-hydrogen) atoms. The van der Waals surface area contributed by atoms with Gasteiger partial charge in [-0.15, -0.1) is 0 Å². The number of carbonyl (C=O) groups is 1. The van der Waals surface area contributed by atoms with Crippen molar-refractivity contribution in [1.82, 2.24) is 14.3 Å². The normalized spacial score (nSPS) is 14.1. The minimum absolute atomic E-state index is 0.0498. The van der Waals surface area contributed by atoms with Gasteiger partial charge in [-0.05, 0) is 36.4 Å². The van der Waals surface area contributed by atoms with Crippen molar-refractivity contribution in [2.24, 2.45) is 0 Å². The summed E-state index contributed by atoms with van der Waals surface area (Å²) >= 11 is 0. The molecule has 0 aliphatic carbocycles. The molecule has 1 amide bonds. The number of non-ortho nitro benzene ring substituents is 1. The van der Waals surface area contributed by atoms with Crippen molar-refractivity contribution in [2.45, 2.75) is 0 Å². The lowest BCUT2D eigenvalue weighted by atomic mass is 10.1. The van der Waals surface area contributed by atoms with E-state index in [1.54, 1.807) is 53.6 Å². The Hall–Kier alpha value is -4.27. The maximum Gasteiger partial charge on any atom is 0.269 e. The molecule has 0 unspecified atom stereocenters. The number of nitro benzene ring substituents is 1. The molecular weight excluding hydrogens is 410 g/mol. The molecule has 1 fully saturated rings. The Balaban J connectivity index is 1.39. The standard InChI is InChI=1S/C23H19N5O4/c29-22(26-14-12-25(13-15-26)16-7-9-17(10-8-16)28(31)32)19-5-3-11-27-21(19)24-20-6-2-1-4-18(20)23(27)30/h1-11H,12-15H2. The smallest absolute Gasteiger partial charge is 0.269 e. The predicted molar refractivity (Wildman–Crippen MR) is 120 cm³/mol. The Labute approximate surface area is 182 Å². The number of amides is 1. The van der Waals surface area contributed by atoms with Gasteiger partial charge < -0.3 is 9.80 Å². The number of hydrogen-bond donors (Lipinski definition) is 0. The Morgan fingerprint density at radius 2 is 1.66 bits per heavy atom. The quantitative estimate of drug-likeness (QED) is 0.282. The highest BCUT2D eigenvalue weighted by atomic mass is 16.6. The summed E-state index contributed by atoms with van der Waals surface area (Å²) in [7, 11) is 0. The van der Waals surface area contributed by atoms with Gasteiger partial charge in [-0.25, -0.2) is 4.98 Å². The van der Waals surface area contributed by atoms with E-state index in [4.69, 9.17) is 0 Å². The van der Waals surface area contributed by atoms with Gasteiger partial charge in [0, 0.05) is 50.2 Å². The minimum atomic E-state index is -0.423. The average molecular weight is 429 g/mol. The first-order valence-corrected chi connectivity index (χ1v) is 10.2. The van der Waals surface area contributed by atoms with Crippen LogP contribution in [-0.4, -0.2) is 51.3 Å². The van der Waals surface area contributed by atoms with E-state index in [9.17, 15) is 19.7 Å². The van der Waals surface area contributed by atoms with Crippen LogP contribution in [0.15, 0.2) is 71.7 Å². The Kier molecular flexibility index (Phi) is 4.78. The van der Waals surface area contributed by atoms with E-state index in [2.05, 4.69) is 9.88 Å². The first kappa shape index (κ1) is 19.7. The molecule has 2 aromatic heterocycles. The zero-order valence-corrected chi connectivity index (χ0v) is 17.0. The highest BCUT2D eigenvalue weighted by Crippen LogP contribution is 2.22. The summed E-state index contributed by atoms with van der Waals surface area (Å²) in [6.45, 7) is 2.19. The van der Waals surface area contributed by atoms with Gasteiger partial charge in [0.15, 0.2) is 5.65 Å². The Morgan fingerprint density at radius 1 is 0.938 bits per heavy atom. The third-order valence-corrected chi connectivity index (χ3v) is 5.77. The van der Waals surface area contributed by atoms with Crippen molar-refractivity contribution in [3.8, 4) is 0 Å². The van der Waals surface area contributed by atoms with Crippen molar-refractivity contribution in [3.05, 3.63) is 92.9 Å². The molecule has 0 N–H and O–H groups in total. The van der Waals surface area contributed by atoms with Gasteiger partial charge in [-0.3, -0.25) is 24.1 Å². The first-order valence-electron chi connectivity index (χ1n) is 10.2. The average Bonchev–Trinajstić information content (AvgIpc) is 2.84. The molecule has 9 nitrogen and oxygen atoms in total. The molecule has 160 valence electrons. The summed E-state index contributed by atoms with van der Waals surface area (Å²) < 4.78 is 1.42. The molecule has 4 aromatic rings. The van der Waals surface area contributed by atoms with E-state index in [0.29, 0.717) is 48.3 Å². The van der Waals surface area contributed by atoms with Gasteiger partial charge in [-0.1, -0.05) is 12.1 Å². The van der Waals surface area contributed by atoms with Gasteiger partial charge in [0.1, 0.15) is 0 Å². The highest BCUT2D eigenvalue weighted by Gasteiger charge is 2.25. The zero-order chi connectivity index (χ0) is 22.2. The molecule has 3 heterocycles. The lowest BCUT2D eigenvalue weighted by molar-refractivity contribution is -0.384. The van der Waals surface area contributed by atoms with Crippen LogP contribution in [0.2, 0.25) is 0 Å². The summed E-state index contributed by atoms with van der Waals surface area (Å²) in [6, 6.07) is 16.9. The number of benzene rings is 2. The van der Waals surface area contributed by atoms with E-state index in [-0.39, 0.29) is 17.2 Å². The van der Waals surface area contributed by atoms with Crippen LogP contribution < -0.4 is 10.5 Å². The van der Waals surface area contributed by atoms with E-state index >= 15 is 0 Å². The third kappa shape index (κ3) is 3.33. The number of hydrogen-bond acceptors (Lipinski definition) is 6. The topological polar surface area (TPSA) is 101 Å². The molecule has 5 rings (SSSR count). The maximum atomic E-state index is 13.3. The Morgan fingerprint density at radius 3 is 2.38 bits per heavy atom. The van der Waals surface area contributed by atoms with E-state index in [1.807, 2.05) is 6.07 Å². The number of carbonyl (C=O) groups excluding carboxylic acids is 1. The molecule has 9 heteroatoms. The van der Waals surface area contributed by atoms with Crippen LogP contribution >= 0.6 is 0 Å². The fraction of sp³-hybridized carbons (Fsp3) is 0.174. The number of aromatic nitrogens is 2. The number of nitro groups is 1. The fourth-order valence-electron chi connectivity index (χ4n) is 4.06. The number of anilines is 1.